The molecule has 5 heteroatoms. The summed E-state index contributed by atoms with van der Waals surface area (Å²) in [6, 6.07) is 3.39. The van der Waals surface area contributed by atoms with E-state index in [1.165, 1.54) is 23.8 Å². The molecule has 0 amide bonds. The molecule has 0 saturated heterocycles. The third-order valence-corrected chi connectivity index (χ3v) is 1.96. The Morgan fingerprint density at radius 3 is 2.56 bits per heavy atom. The summed E-state index contributed by atoms with van der Waals surface area (Å²) in [4.78, 5) is 22.8. The molecule has 1 aromatic heterocycles. The van der Waals surface area contributed by atoms with Crippen LogP contribution >= 0.6 is 0 Å². The molecule has 0 fully saturated rings. The maximum atomic E-state index is 11.8. The van der Waals surface area contributed by atoms with Crippen molar-refractivity contribution >= 4 is 18.1 Å². The molecule has 98 valence electrons. The van der Waals surface area contributed by atoms with Crippen molar-refractivity contribution in [3.63, 3.8) is 0 Å². The van der Waals surface area contributed by atoms with Crippen LogP contribution in [0.5, 0.6) is 0 Å². The van der Waals surface area contributed by atoms with Crippen molar-refractivity contribution in [1.82, 2.24) is 4.57 Å². The van der Waals surface area contributed by atoms with Crippen LogP contribution in [0.25, 0.3) is 6.08 Å². The van der Waals surface area contributed by atoms with Gasteiger partial charge in [-0.3, -0.25) is 4.57 Å². The predicted octanol–water partition coefficient (Wildman–Crippen LogP) is 2.46. The lowest BCUT2D eigenvalue weighted by Gasteiger charge is -2.20. The summed E-state index contributed by atoms with van der Waals surface area (Å²) in [5.74, 6) is -0.480. The van der Waals surface area contributed by atoms with Crippen LogP contribution in [0.15, 0.2) is 24.4 Å². The second kappa shape index (κ2) is 5.53. The largest absolute Gasteiger partial charge is 0.466 e. The van der Waals surface area contributed by atoms with E-state index in [-0.39, 0.29) is 0 Å². The van der Waals surface area contributed by atoms with Crippen LogP contribution in [0.2, 0.25) is 0 Å². The van der Waals surface area contributed by atoms with Crippen molar-refractivity contribution < 1.29 is 19.1 Å². The third kappa shape index (κ3) is 4.08. The van der Waals surface area contributed by atoms with Crippen molar-refractivity contribution in [1.29, 1.82) is 0 Å². The number of hydrogen-bond donors (Lipinski definition) is 0. The van der Waals surface area contributed by atoms with Crippen LogP contribution in [-0.2, 0) is 14.3 Å². The van der Waals surface area contributed by atoms with E-state index < -0.39 is 17.7 Å². The summed E-state index contributed by atoms with van der Waals surface area (Å²) < 4.78 is 11.0. The zero-order valence-corrected chi connectivity index (χ0v) is 11.0. The molecular weight excluding hydrogens is 234 g/mol. The molecule has 0 aliphatic rings. The minimum Gasteiger partial charge on any atom is -0.466 e. The number of aromatic nitrogens is 1. The van der Waals surface area contributed by atoms with Gasteiger partial charge in [-0.1, -0.05) is 0 Å². The summed E-state index contributed by atoms with van der Waals surface area (Å²) >= 11 is 0. The quantitative estimate of drug-likeness (QED) is 0.598. The molecule has 5 nitrogen and oxygen atoms in total. The molecule has 0 spiro atoms. The molecule has 1 rings (SSSR count). The Bertz CT molecular complexity index is 466. The van der Waals surface area contributed by atoms with Gasteiger partial charge in [0.05, 0.1) is 12.8 Å². The monoisotopic (exact) mass is 251 g/mol. The van der Waals surface area contributed by atoms with Crippen LogP contribution in [0.4, 0.5) is 4.79 Å². The van der Waals surface area contributed by atoms with Crippen molar-refractivity contribution in [2.75, 3.05) is 7.11 Å². The van der Waals surface area contributed by atoms with Gasteiger partial charge >= 0.3 is 12.1 Å². The van der Waals surface area contributed by atoms with E-state index in [0.29, 0.717) is 5.69 Å². The molecule has 0 atom stereocenters. The first-order valence-corrected chi connectivity index (χ1v) is 5.50. The molecule has 0 N–H and O–H groups in total. The van der Waals surface area contributed by atoms with E-state index in [4.69, 9.17) is 4.74 Å². The number of ether oxygens (including phenoxy) is 2. The first kappa shape index (κ1) is 14.0. The van der Waals surface area contributed by atoms with Gasteiger partial charge in [0.25, 0.3) is 0 Å². The van der Waals surface area contributed by atoms with Crippen molar-refractivity contribution in [2.24, 2.45) is 0 Å². The molecule has 0 bridgehead atoms. The van der Waals surface area contributed by atoms with E-state index >= 15 is 0 Å². The number of carbonyl (C=O) groups is 2. The Kier molecular flexibility index (Phi) is 4.31. The van der Waals surface area contributed by atoms with Crippen molar-refractivity contribution in [2.45, 2.75) is 26.4 Å². The van der Waals surface area contributed by atoms with Gasteiger partial charge < -0.3 is 9.47 Å². The molecule has 0 aliphatic carbocycles. The minimum atomic E-state index is -0.565. The van der Waals surface area contributed by atoms with Crippen LogP contribution in [0.3, 0.4) is 0 Å². The van der Waals surface area contributed by atoms with Crippen LogP contribution < -0.4 is 0 Å². The number of esters is 1. The number of nitrogens with zero attached hydrogens (tertiary/aromatic N) is 1. The SMILES string of the molecule is COC(=O)C=Cc1cccn1C(=O)OC(C)(C)C. The first-order valence-electron chi connectivity index (χ1n) is 5.50. The standard InChI is InChI=1S/C13H17NO4/c1-13(2,3)18-12(16)14-9-5-6-10(14)7-8-11(15)17-4/h5-9H,1-4H3. The zero-order valence-electron chi connectivity index (χ0n) is 11.0. The predicted molar refractivity (Wildman–Crippen MR) is 67.1 cm³/mol. The number of carbonyl (C=O) groups excluding carboxylic acids is 2. The highest BCUT2D eigenvalue weighted by Gasteiger charge is 2.18. The summed E-state index contributed by atoms with van der Waals surface area (Å²) in [7, 11) is 1.29. The first-order chi connectivity index (χ1) is 8.33. The fraction of sp³-hybridized carbons (Fsp3) is 0.385. The smallest absolute Gasteiger partial charge is 0.418 e. The van der Waals surface area contributed by atoms with Crippen molar-refractivity contribution in [3.8, 4) is 0 Å². The fourth-order valence-corrected chi connectivity index (χ4v) is 1.23. The molecule has 0 saturated carbocycles. The maximum absolute atomic E-state index is 11.8. The normalized spacial score (nSPS) is 11.6. The zero-order chi connectivity index (χ0) is 13.8. The average Bonchev–Trinajstić information content (AvgIpc) is 2.71. The van der Waals surface area contributed by atoms with Gasteiger partial charge in [0.15, 0.2) is 0 Å². The highest BCUT2D eigenvalue weighted by atomic mass is 16.6. The highest BCUT2D eigenvalue weighted by molar-refractivity contribution is 5.87. The summed E-state index contributed by atoms with van der Waals surface area (Å²) in [6.07, 6.45) is 3.83. The molecule has 0 aromatic carbocycles. The Morgan fingerprint density at radius 2 is 2.00 bits per heavy atom. The number of methoxy groups -OCH3 is 1. The number of hydrogen-bond acceptors (Lipinski definition) is 4. The lowest BCUT2D eigenvalue weighted by Crippen LogP contribution is -2.27. The van der Waals surface area contributed by atoms with Crippen molar-refractivity contribution in [3.05, 3.63) is 30.1 Å². The van der Waals surface area contributed by atoms with Gasteiger partial charge in [0.2, 0.25) is 0 Å². The highest BCUT2D eigenvalue weighted by Crippen LogP contribution is 2.12. The van der Waals surface area contributed by atoms with E-state index in [9.17, 15) is 9.59 Å². The van der Waals surface area contributed by atoms with Gasteiger partial charge in [0, 0.05) is 12.3 Å². The van der Waals surface area contributed by atoms with E-state index in [0.717, 1.165) is 0 Å². The van der Waals surface area contributed by atoms with Crippen LogP contribution in [0.1, 0.15) is 26.5 Å². The van der Waals surface area contributed by atoms with Crippen LogP contribution in [0, 0.1) is 0 Å². The Morgan fingerprint density at radius 1 is 1.33 bits per heavy atom. The van der Waals surface area contributed by atoms with E-state index in [1.54, 1.807) is 39.1 Å². The second-order valence-corrected chi connectivity index (χ2v) is 4.64. The van der Waals surface area contributed by atoms with Gasteiger partial charge in [0.1, 0.15) is 5.60 Å². The molecular formula is C13H17NO4. The third-order valence-electron chi connectivity index (χ3n) is 1.96. The molecule has 18 heavy (non-hydrogen) atoms. The second-order valence-electron chi connectivity index (χ2n) is 4.64. The lowest BCUT2D eigenvalue weighted by atomic mass is 10.2. The molecule has 0 aliphatic heterocycles. The summed E-state index contributed by atoms with van der Waals surface area (Å²) in [5, 5.41) is 0. The van der Waals surface area contributed by atoms with Gasteiger partial charge in [-0.15, -0.1) is 0 Å². The van der Waals surface area contributed by atoms with Gasteiger partial charge in [-0.2, -0.15) is 0 Å². The molecule has 0 radical (unpaired) electrons. The number of rotatable bonds is 2. The van der Waals surface area contributed by atoms with E-state index in [2.05, 4.69) is 4.74 Å². The van der Waals surface area contributed by atoms with Crippen LogP contribution in [-0.4, -0.2) is 29.3 Å². The summed E-state index contributed by atoms with van der Waals surface area (Å²) in [5.41, 5.74) is -0.0142. The van der Waals surface area contributed by atoms with E-state index in [1.807, 2.05) is 0 Å². The Hall–Kier alpha value is -2.04. The summed E-state index contributed by atoms with van der Waals surface area (Å²) in [6.45, 7) is 5.37. The minimum absolute atomic E-state index is 0.480. The average molecular weight is 251 g/mol. The molecule has 0 unspecified atom stereocenters. The maximum Gasteiger partial charge on any atom is 0.418 e. The Labute approximate surface area is 106 Å². The lowest BCUT2D eigenvalue weighted by molar-refractivity contribution is -0.134. The Balaban J connectivity index is 2.86. The van der Waals surface area contributed by atoms with Gasteiger partial charge in [-0.05, 0) is 39.0 Å². The topological polar surface area (TPSA) is 57.5 Å². The fourth-order valence-electron chi connectivity index (χ4n) is 1.23. The molecule has 1 heterocycles. The van der Waals surface area contributed by atoms with Gasteiger partial charge in [-0.25, -0.2) is 9.59 Å². The molecule has 1 aromatic rings.